The highest BCUT2D eigenvalue weighted by molar-refractivity contribution is 5.89. The van der Waals surface area contributed by atoms with Crippen molar-refractivity contribution in [3.05, 3.63) is 89.2 Å². The van der Waals surface area contributed by atoms with Crippen LogP contribution in [-0.4, -0.2) is 40.2 Å². The molecule has 0 atom stereocenters. The van der Waals surface area contributed by atoms with Gasteiger partial charge in [-0.05, 0) is 48.2 Å². The molecule has 0 fully saturated rings. The zero-order chi connectivity index (χ0) is 24.3. The molecule has 1 heterocycles. The van der Waals surface area contributed by atoms with Crippen LogP contribution in [0.4, 0.5) is 4.79 Å². The molecule has 0 saturated heterocycles. The summed E-state index contributed by atoms with van der Waals surface area (Å²) in [6, 6.07) is 18.8. The van der Waals surface area contributed by atoms with E-state index in [9.17, 15) is 14.4 Å². The Morgan fingerprint density at radius 1 is 1.00 bits per heavy atom. The van der Waals surface area contributed by atoms with Gasteiger partial charge in [0.1, 0.15) is 12.1 Å². The topological polar surface area (TPSA) is 118 Å². The lowest BCUT2D eigenvalue weighted by atomic mass is 9.98. The molecule has 0 bridgehead atoms. The molecule has 0 spiro atoms. The van der Waals surface area contributed by atoms with Gasteiger partial charge in [0, 0.05) is 12.1 Å². The summed E-state index contributed by atoms with van der Waals surface area (Å²) < 4.78 is 5.52. The van der Waals surface area contributed by atoms with E-state index in [0.29, 0.717) is 5.69 Å². The van der Waals surface area contributed by atoms with Gasteiger partial charge in [0.15, 0.2) is 0 Å². The second-order valence-electron chi connectivity index (χ2n) is 8.60. The van der Waals surface area contributed by atoms with Crippen LogP contribution in [0.5, 0.6) is 0 Å². The Hall–Kier alpha value is -4.20. The molecular formula is C26H25N3O5. The summed E-state index contributed by atoms with van der Waals surface area (Å²) >= 11 is 0. The van der Waals surface area contributed by atoms with E-state index in [1.54, 1.807) is 13.8 Å². The second kappa shape index (κ2) is 9.35. The molecular weight excluding hydrogens is 434 g/mol. The molecule has 2 aromatic carbocycles. The SMILES string of the molecule is CC(C)(NC(=O)OCC1c2ccccc2-c2ccccc21)C(=O)NCc1cc(C(=O)O)ccn1. The van der Waals surface area contributed by atoms with Crippen molar-refractivity contribution in [2.75, 3.05) is 6.61 Å². The lowest BCUT2D eigenvalue weighted by Gasteiger charge is -2.25. The summed E-state index contributed by atoms with van der Waals surface area (Å²) in [5, 5.41) is 14.4. The number of carboxylic acids is 1. The van der Waals surface area contributed by atoms with E-state index in [-0.39, 0.29) is 24.6 Å². The monoisotopic (exact) mass is 459 g/mol. The molecule has 1 aromatic heterocycles. The number of carboxylic acid groups (broad SMARTS) is 1. The van der Waals surface area contributed by atoms with Crippen LogP contribution in [0.15, 0.2) is 66.9 Å². The first-order chi connectivity index (χ1) is 16.3. The number of nitrogens with zero attached hydrogens (tertiary/aromatic N) is 1. The van der Waals surface area contributed by atoms with Gasteiger partial charge < -0.3 is 20.5 Å². The molecule has 0 unspecified atom stereocenters. The maximum atomic E-state index is 12.7. The summed E-state index contributed by atoms with van der Waals surface area (Å²) in [5.41, 5.74) is 3.68. The number of pyridine rings is 1. The fourth-order valence-corrected chi connectivity index (χ4v) is 4.05. The third kappa shape index (κ3) is 4.76. The highest BCUT2D eigenvalue weighted by Gasteiger charge is 2.32. The molecule has 0 saturated carbocycles. The summed E-state index contributed by atoms with van der Waals surface area (Å²) in [6.45, 7) is 3.29. The molecule has 1 aliphatic carbocycles. The average Bonchev–Trinajstić information content (AvgIpc) is 3.15. The number of carbonyl (C=O) groups excluding carboxylic acids is 2. The summed E-state index contributed by atoms with van der Waals surface area (Å²) in [5.74, 6) is -1.61. The number of aromatic nitrogens is 1. The molecule has 3 N–H and O–H groups in total. The van der Waals surface area contributed by atoms with Gasteiger partial charge in [-0.2, -0.15) is 0 Å². The van der Waals surface area contributed by atoms with Crippen molar-refractivity contribution in [1.82, 2.24) is 15.6 Å². The van der Waals surface area contributed by atoms with Gasteiger partial charge in [-0.25, -0.2) is 9.59 Å². The van der Waals surface area contributed by atoms with Crippen LogP contribution in [0.1, 0.15) is 46.9 Å². The van der Waals surface area contributed by atoms with Crippen molar-refractivity contribution in [2.24, 2.45) is 0 Å². The zero-order valence-corrected chi connectivity index (χ0v) is 18.9. The molecule has 0 aliphatic heterocycles. The van der Waals surface area contributed by atoms with Crippen molar-refractivity contribution in [3.8, 4) is 11.1 Å². The maximum absolute atomic E-state index is 12.7. The molecule has 1 aliphatic rings. The number of nitrogens with one attached hydrogen (secondary N) is 2. The molecule has 174 valence electrons. The van der Waals surface area contributed by atoms with Crippen LogP contribution in [0.25, 0.3) is 11.1 Å². The van der Waals surface area contributed by atoms with E-state index in [1.807, 2.05) is 36.4 Å². The third-order valence-electron chi connectivity index (χ3n) is 5.82. The molecule has 2 amide bonds. The van der Waals surface area contributed by atoms with Crippen molar-refractivity contribution < 1.29 is 24.2 Å². The highest BCUT2D eigenvalue weighted by Crippen LogP contribution is 2.44. The number of ether oxygens (including phenoxy) is 1. The average molecular weight is 460 g/mol. The Morgan fingerprint density at radius 2 is 1.62 bits per heavy atom. The minimum absolute atomic E-state index is 0.0236. The fourth-order valence-electron chi connectivity index (χ4n) is 4.05. The van der Waals surface area contributed by atoms with Crippen LogP contribution in [0.2, 0.25) is 0 Å². The molecule has 0 radical (unpaired) electrons. The number of benzene rings is 2. The van der Waals surface area contributed by atoms with Crippen LogP contribution >= 0.6 is 0 Å². The van der Waals surface area contributed by atoms with Gasteiger partial charge in [0.05, 0.1) is 17.8 Å². The Kier molecular flexibility index (Phi) is 6.32. The Morgan fingerprint density at radius 3 is 2.24 bits per heavy atom. The minimum atomic E-state index is -1.26. The number of hydrogen-bond donors (Lipinski definition) is 3. The first-order valence-corrected chi connectivity index (χ1v) is 10.9. The van der Waals surface area contributed by atoms with Gasteiger partial charge in [0.2, 0.25) is 5.91 Å². The molecule has 34 heavy (non-hydrogen) atoms. The van der Waals surface area contributed by atoms with Gasteiger partial charge in [-0.1, -0.05) is 48.5 Å². The Bertz CT molecular complexity index is 1210. The van der Waals surface area contributed by atoms with E-state index in [1.165, 1.54) is 18.3 Å². The summed E-state index contributed by atoms with van der Waals surface area (Å²) in [4.78, 5) is 40.3. The number of hydrogen-bond acceptors (Lipinski definition) is 5. The van der Waals surface area contributed by atoms with E-state index >= 15 is 0 Å². The normalized spacial score (nSPS) is 12.4. The van der Waals surface area contributed by atoms with Crippen LogP contribution < -0.4 is 10.6 Å². The van der Waals surface area contributed by atoms with Crippen molar-refractivity contribution in [1.29, 1.82) is 0 Å². The van der Waals surface area contributed by atoms with Gasteiger partial charge in [-0.15, -0.1) is 0 Å². The first kappa shape index (κ1) is 23.0. The lowest BCUT2D eigenvalue weighted by molar-refractivity contribution is -0.126. The van der Waals surface area contributed by atoms with Crippen molar-refractivity contribution in [2.45, 2.75) is 31.8 Å². The van der Waals surface area contributed by atoms with Gasteiger partial charge in [-0.3, -0.25) is 9.78 Å². The van der Waals surface area contributed by atoms with Crippen LogP contribution in [-0.2, 0) is 16.1 Å². The molecule has 4 rings (SSSR count). The predicted octanol–water partition coefficient (Wildman–Crippen LogP) is 3.71. The highest BCUT2D eigenvalue weighted by atomic mass is 16.5. The number of rotatable bonds is 7. The standard InChI is InChI=1S/C26H25N3O5/c1-26(2,24(32)28-14-17-13-16(23(30)31)11-12-27-17)29-25(33)34-15-22-20-9-5-3-7-18(20)19-8-4-6-10-21(19)22/h3-13,22H,14-15H2,1-2H3,(H,28,32)(H,29,33)(H,30,31). The van der Waals surface area contributed by atoms with Crippen molar-refractivity contribution >= 4 is 18.0 Å². The van der Waals surface area contributed by atoms with E-state index < -0.39 is 23.5 Å². The second-order valence-corrected chi connectivity index (χ2v) is 8.60. The number of amides is 2. The number of alkyl carbamates (subject to hydrolysis) is 1. The number of aromatic carboxylic acids is 1. The molecule has 8 nitrogen and oxygen atoms in total. The first-order valence-electron chi connectivity index (χ1n) is 10.9. The zero-order valence-electron chi connectivity index (χ0n) is 18.9. The largest absolute Gasteiger partial charge is 0.478 e. The van der Waals surface area contributed by atoms with Gasteiger partial charge >= 0.3 is 12.1 Å². The van der Waals surface area contributed by atoms with Crippen LogP contribution in [0.3, 0.4) is 0 Å². The van der Waals surface area contributed by atoms with E-state index in [0.717, 1.165) is 22.3 Å². The van der Waals surface area contributed by atoms with Gasteiger partial charge in [0.25, 0.3) is 0 Å². The van der Waals surface area contributed by atoms with E-state index in [4.69, 9.17) is 9.84 Å². The summed E-state index contributed by atoms with van der Waals surface area (Å²) in [7, 11) is 0. The number of fused-ring (bicyclic) bond motifs is 3. The third-order valence-corrected chi connectivity index (χ3v) is 5.82. The molecule has 8 heteroatoms. The smallest absolute Gasteiger partial charge is 0.408 e. The maximum Gasteiger partial charge on any atom is 0.408 e. The summed E-state index contributed by atoms with van der Waals surface area (Å²) in [6.07, 6.45) is 0.665. The number of carbonyl (C=O) groups is 3. The fraction of sp³-hybridized carbons (Fsp3) is 0.231. The van der Waals surface area contributed by atoms with Crippen molar-refractivity contribution in [3.63, 3.8) is 0 Å². The van der Waals surface area contributed by atoms with Crippen LogP contribution in [0, 0.1) is 0 Å². The lowest BCUT2D eigenvalue weighted by Crippen LogP contribution is -2.54. The minimum Gasteiger partial charge on any atom is -0.478 e. The Balaban J connectivity index is 1.35. The predicted molar refractivity (Wildman–Crippen MR) is 125 cm³/mol. The molecule has 3 aromatic rings. The quantitative estimate of drug-likeness (QED) is 0.496. The Labute approximate surface area is 197 Å². The van der Waals surface area contributed by atoms with E-state index in [2.05, 4.69) is 27.8 Å².